The fraction of sp³-hybridized carbons (Fsp3) is 0.524. The molecule has 2 aromatic rings. The minimum Gasteiger partial charge on any atom is -0.353 e. The maximum absolute atomic E-state index is 6.10. The molecule has 0 saturated carbocycles. The van der Waals surface area contributed by atoms with Crippen LogP contribution in [0.3, 0.4) is 0 Å². The first-order valence-corrected chi connectivity index (χ1v) is 10.8. The highest BCUT2D eigenvalue weighted by atomic mass is 35.5. The number of aromatic nitrogens is 2. The van der Waals surface area contributed by atoms with Gasteiger partial charge in [0.2, 0.25) is 0 Å². The molecule has 1 aromatic carbocycles. The molecule has 0 bridgehead atoms. The molecule has 0 spiro atoms. The van der Waals surface area contributed by atoms with Crippen LogP contribution < -0.4 is 4.90 Å². The molecule has 0 N–H and O–H groups in total. The number of anilines is 1. The van der Waals surface area contributed by atoms with Crippen LogP contribution in [0.1, 0.15) is 20.3 Å². The van der Waals surface area contributed by atoms with E-state index in [4.69, 9.17) is 23.2 Å². The lowest BCUT2D eigenvalue weighted by Crippen LogP contribution is -2.47. The van der Waals surface area contributed by atoms with Crippen molar-refractivity contribution in [3.8, 4) is 11.3 Å². The molecule has 2 heterocycles. The van der Waals surface area contributed by atoms with Crippen molar-refractivity contribution in [2.24, 2.45) is 0 Å². The number of hydrogen-bond donors (Lipinski definition) is 0. The predicted molar refractivity (Wildman–Crippen MR) is 119 cm³/mol. The molecule has 0 aliphatic carbocycles. The third kappa shape index (κ3) is 5.57. The van der Waals surface area contributed by atoms with Gasteiger partial charge in [-0.15, -0.1) is 10.2 Å². The third-order valence-corrected chi connectivity index (χ3v) is 6.14. The molecule has 1 saturated heterocycles. The average molecular weight is 422 g/mol. The Morgan fingerprint density at radius 3 is 2.29 bits per heavy atom. The predicted octanol–water partition coefficient (Wildman–Crippen LogP) is 4.30. The van der Waals surface area contributed by atoms with Gasteiger partial charge in [-0.25, -0.2) is 0 Å². The second-order valence-electron chi connectivity index (χ2n) is 7.11. The molecular weight excluding hydrogens is 393 g/mol. The van der Waals surface area contributed by atoms with Crippen LogP contribution in [-0.2, 0) is 0 Å². The molecule has 1 aliphatic rings. The van der Waals surface area contributed by atoms with E-state index in [1.54, 1.807) is 6.07 Å². The molecule has 1 aliphatic heterocycles. The highest BCUT2D eigenvalue weighted by molar-refractivity contribution is 6.42. The average Bonchev–Trinajstić information content (AvgIpc) is 2.74. The van der Waals surface area contributed by atoms with E-state index in [0.29, 0.717) is 10.0 Å². The van der Waals surface area contributed by atoms with Crippen LogP contribution >= 0.6 is 23.2 Å². The molecule has 1 aromatic heterocycles. The van der Waals surface area contributed by atoms with Gasteiger partial charge < -0.3 is 9.80 Å². The van der Waals surface area contributed by atoms with E-state index in [1.807, 2.05) is 24.3 Å². The van der Waals surface area contributed by atoms with E-state index < -0.39 is 0 Å². The van der Waals surface area contributed by atoms with Crippen LogP contribution in [0.4, 0.5) is 5.82 Å². The number of halogens is 2. The minimum absolute atomic E-state index is 0.530. The van der Waals surface area contributed by atoms with Crippen LogP contribution in [0.25, 0.3) is 11.3 Å². The Labute approximate surface area is 178 Å². The molecule has 0 atom stereocenters. The number of hydrogen-bond acceptors (Lipinski definition) is 5. The summed E-state index contributed by atoms with van der Waals surface area (Å²) in [6, 6.07) is 9.56. The van der Waals surface area contributed by atoms with Crippen molar-refractivity contribution < 1.29 is 0 Å². The van der Waals surface area contributed by atoms with Gasteiger partial charge in [-0.1, -0.05) is 43.1 Å². The quantitative estimate of drug-likeness (QED) is 0.634. The molecule has 0 radical (unpaired) electrons. The summed E-state index contributed by atoms with van der Waals surface area (Å²) in [5, 5.41) is 9.90. The minimum atomic E-state index is 0.530. The van der Waals surface area contributed by atoms with Crippen LogP contribution in [0.2, 0.25) is 10.0 Å². The zero-order valence-corrected chi connectivity index (χ0v) is 18.3. The summed E-state index contributed by atoms with van der Waals surface area (Å²) in [5.41, 5.74) is 1.73. The number of piperazine rings is 1. The highest BCUT2D eigenvalue weighted by Crippen LogP contribution is 2.27. The van der Waals surface area contributed by atoms with Crippen molar-refractivity contribution >= 4 is 29.0 Å². The Morgan fingerprint density at radius 2 is 1.68 bits per heavy atom. The van der Waals surface area contributed by atoms with E-state index in [2.05, 4.69) is 38.7 Å². The Hall–Kier alpha value is -1.40. The Morgan fingerprint density at radius 1 is 0.929 bits per heavy atom. The lowest BCUT2D eigenvalue weighted by atomic mass is 10.1. The fourth-order valence-electron chi connectivity index (χ4n) is 3.56. The molecule has 28 heavy (non-hydrogen) atoms. The Balaban J connectivity index is 1.50. The number of nitrogens with zero attached hydrogens (tertiary/aromatic N) is 5. The zero-order valence-electron chi connectivity index (χ0n) is 16.7. The number of rotatable bonds is 8. The van der Waals surface area contributed by atoms with Gasteiger partial charge in [0.25, 0.3) is 0 Å². The second-order valence-corrected chi connectivity index (χ2v) is 7.93. The van der Waals surface area contributed by atoms with Gasteiger partial charge in [0.05, 0.1) is 15.7 Å². The first-order chi connectivity index (χ1) is 13.6. The van der Waals surface area contributed by atoms with Crippen LogP contribution in [-0.4, -0.2) is 72.4 Å². The summed E-state index contributed by atoms with van der Waals surface area (Å²) in [7, 11) is 0. The molecular formula is C21H29Cl2N5. The third-order valence-electron chi connectivity index (χ3n) is 5.41. The SMILES string of the molecule is CCN(CC)CCCN1CCN(c2ccc(-c3ccc(Cl)c(Cl)c3)nn2)CC1. The molecule has 0 unspecified atom stereocenters. The van der Waals surface area contributed by atoms with Crippen LogP contribution in [0.15, 0.2) is 30.3 Å². The van der Waals surface area contributed by atoms with Crippen molar-refractivity contribution in [1.82, 2.24) is 20.0 Å². The highest BCUT2D eigenvalue weighted by Gasteiger charge is 2.18. The van der Waals surface area contributed by atoms with Crippen LogP contribution in [0.5, 0.6) is 0 Å². The molecule has 3 rings (SSSR count). The molecule has 7 heteroatoms. The monoisotopic (exact) mass is 421 g/mol. The molecule has 5 nitrogen and oxygen atoms in total. The van der Waals surface area contributed by atoms with E-state index in [9.17, 15) is 0 Å². The van der Waals surface area contributed by atoms with Gasteiger partial charge >= 0.3 is 0 Å². The fourth-order valence-corrected chi connectivity index (χ4v) is 3.86. The van der Waals surface area contributed by atoms with Gasteiger partial charge in [0.1, 0.15) is 0 Å². The standard InChI is InChI=1S/C21H29Cl2N5/c1-3-26(4-2)10-5-11-27-12-14-28(15-13-27)21-9-8-20(24-25-21)17-6-7-18(22)19(23)16-17/h6-9,16H,3-5,10-15H2,1-2H3. The summed E-state index contributed by atoms with van der Waals surface area (Å²) in [6.07, 6.45) is 1.24. The number of benzene rings is 1. The van der Waals surface area contributed by atoms with Gasteiger partial charge in [0, 0.05) is 31.7 Å². The van der Waals surface area contributed by atoms with E-state index >= 15 is 0 Å². The second kappa shape index (κ2) is 10.4. The van der Waals surface area contributed by atoms with Gasteiger partial charge in [-0.05, 0) is 56.9 Å². The van der Waals surface area contributed by atoms with E-state index in [0.717, 1.165) is 56.3 Å². The summed E-state index contributed by atoms with van der Waals surface area (Å²) in [5.74, 6) is 0.937. The normalized spacial score (nSPS) is 15.4. The van der Waals surface area contributed by atoms with Crippen molar-refractivity contribution in [3.05, 3.63) is 40.4 Å². The molecule has 1 fully saturated rings. The van der Waals surface area contributed by atoms with Crippen molar-refractivity contribution in [2.75, 3.05) is 57.3 Å². The molecule has 0 amide bonds. The summed E-state index contributed by atoms with van der Waals surface area (Å²) >= 11 is 12.1. The topological polar surface area (TPSA) is 35.5 Å². The van der Waals surface area contributed by atoms with E-state index in [-0.39, 0.29) is 0 Å². The first-order valence-electron chi connectivity index (χ1n) is 10.1. The van der Waals surface area contributed by atoms with Crippen LogP contribution in [0, 0.1) is 0 Å². The largest absolute Gasteiger partial charge is 0.353 e. The maximum atomic E-state index is 6.10. The van der Waals surface area contributed by atoms with Crippen molar-refractivity contribution in [2.45, 2.75) is 20.3 Å². The lowest BCUT2D eigenvalue weighted by molar-refractivity contribution is 0.227. The first kappa shape index (κ1) is 21.3. The summed E-state index contributed by atoms with van der Waals surface area (Å²) < 4.78 is 0. The van der Waals surface area contributed by atoms with E-state index in [1.165, 1.54) is 19.5 Å². The van der Waals surface area contributed by atoms with Crippen molar-refractivity contribution in [3.63, 3.8) is 0 Å². The van der Waals surface area contributed by atoms with Crippen molar-refractivity contribution in [1.29, 1.82) is 0 Å². The lowest BCUT2D eigenvalue weighted by Gasteiger charge is -2.35. The Bertz CT molecular complexity index is 741. The maximum Gasteiger partial charge on any atom is 0.151 e. The van der Waals surface area contributed by atoms with Gasteiger partial charge in [0.15, 0.2) is 5.82 Å². The zero-order chi connectivity index (χ0) is 19.9. The Kier molecular flexibility index (Phi) is 7.91. The summed E-state index contributed by atoms with van der Waals surface area (Å²) in [6.45, 7) is 13.2. The molecule has 152 valence electrons. The van der Waals surface area contributed by atoms with Gasteiger partial charge in [-0.2, -0.15) is 0 Å². The van der Waals surface area contributed by atoms with Gasteiger partial charge in [-0.3, -0.25) is 4.90 Å². The summed E-state index contributed by atoms with van der Waals surface area (Å²) in [4.78, 5) is 7.35. The smallest absolute Gasteiger partial charge is 0.151 e.